The van der Waals surface area contributed by atoms with Gasteiger partial charge >= 0.3 is 39.5 Å². The zero-order valence-corrected chi connectivity index (χ0v) is 63.4. The zero-order chi connectivity index (χ0) is 69.6. The molecule has 0 aromatic rings. The van der Waals surface area contributed by atoms with Crippen molar-refractivity contribution in [2.45, 2.75) is 395 Å². The largest absolute Gasteiger partial charge is 0.472 e. The van der Waals surface area contributed by atoms with E-state index in [9.17, 15) is 43.2 Å². The van der Waals surface area contributed by atoms with E-state index in [1.165, 1.54) is 173 Å². The topological polar surface area (TPSA) is 237 Å². The highest BCUT2D eigenvalue weighted by Gasteiger charge is 2.30. The van der Waals surface area contributed by atoms with Crippen molar-refractivity contribution >= 4 is 39.5 Å². The lowest BCUT2D eigenvalue weighted by atomic mass is 9.99. The van der Waals surface area contributed by atoms with Crippen molar-refractivity contribution in [2.24, 2.45) is 23.7 Å². The maximum atomic E-state index is 13.1. The maximum absolute atomic E-state index is 13.1. The van der Waals surface area contributed by atoms with Gasteiger partial charge in [0, 0.05) is 25.7 Å². The smallest absolute Gasteiger partial charge is 0.462 e. The number of phosphoric acid groups is 2. The first-order valence-corrected chi connectivity index (χ1v) is 41.8. The van der Waals surface area contributed by atoms with Crippen LogP contribution < -0.4 is 0 Å². The molecule has 0 radical (unpaired) electrons. The van der Waals surface area contributed by atoms with E-state index >= 15 is 0 Å². The van der Waals surface area contributed by atoms with E-state index in [1.807, 2.05) is 0 Å². The molecule has 94 heavy (non-hydrogen) atoms. The molecule has 0 saturated carbocycles. The number of hydrogen-bond donors (Lipinski definition) is 3. The summed E-state index contributed by atoms with van der Waals surface area (Å²) in [6.45, 7) is 14.2. The molecule has 0 aliphatic heterocycles. The number of ether oxygens (including phenoxy) is 4. The molecule has 0 aromatic carbocycles. The Morgan fingerprint density at radius 2 is 0.511 bits per heavy atom. The van der Waals surface area contributed by atoms with Crippen molar-refractivity contribution in [3.05, 3.63) is 0 Å². The number of aliphatic hydroxyl groups is 1. The van der Waals surface area contributed by atoms with Crippen LogP contribution in [0.1, 0.15) is 376 Å². The number of unbranched alkanes of at least 4 members (excludes halogenated alkanes) is 36. The van der Waals surface area contributed by atoms with Gasteiger partial charge in [0.1, 0.15) is 19.3 Å². The number of hydrogen-bond acceptors (Lipinski definition) is 15. The molecular formula is C75H146O17P2. The van der Waals surface area contributed by atoms with E-state index in [2.05, 4.69) is 55.4 Å². The number of rotatable bonds is 72. The quantitative estimate of drug-likeness (QED) is 0.0222. The zero-order valence-electron chi connectivity index (χ0n) is 61.6. The highest BCUT2D eigenvalue weighted by Crippen LogP contribution is 2.45. The summed E-state index contributed by atoms with van der Waals surface area (Å²) in [5.74, 6) is 0.963. The summed E-state index contributed by atoms with van der Waals surface area (Å²) < 4.78 is 68.5. The normalized spacial score (nSPS) is 14.7. The molecule has 4 unspecified atom stereocenters. The van der Waals surface area contributed by atoms with Gasteiger partial charge < -0.3 is 33.8 Å². The Morgan fingerprint density at radius 1 is 0.298 bits per heavy atom. The average molecular weight is 1380 g/mol. The highest BCUT2D eigenvalue weighted by molar-refractivity contribution is 7.47. The molecule has 0 saturated heterocycles. The summed E-state index contributed by atoms with van der Waals surface area (Å²) in [6.07, 6.45) is 48.5. The second kappa shape index (κ2) is 64.4. The van der Waals surface area contributed by atoms with Crippen LogP contribution in [0.25, 0.3) is 0 Å². The molecule has 0 bridgehead atoms. The predicted molar refractivity (Wildman–Crippen MR) is 381 cm³/mol. The third-order valence-corrected chi connectivity index (χ3v) is 19.9. The van der Waals surface area contributed by atoms with Crippen LogP contribution in [0.5, 0.6) is 0 Å². The molecule has 558 valence electrons. The monoisotopic (exact) mass is 1380 g/mol. The SMILES string of the molecule is CCC(C)CCCCCCCCCCCCC(=O)OC[C@H](COP(=O)(O)OC[C@@H](O)COP(=O)(O)OC[C@@H](COC(=O)CCCCCCCCC(C)C)OC(=O)CCCCCCCCCCCCC(C)CC)OC(=O)CCCCCCCCCCCCCCCCC(C)C. The number of phosphoric ester groups is 2. The number of carbonyl (C=O) groups is 4. The van der Waals surface area contributed by atoms with Gasteiger partial charge in [-0.1, -0.05) is 325 Å². The lowest BCUT2D eigenvalue weighted by Crippen LogP contribution is -2.30. The molecular weight excluding hydrogens is 1230 g/mol. The Hall–Kier alpha value is -1.94. The molecule has 3 N–H and O–H groups in total. The van der Waals surface area contributed by atoms with Gasteiger partial charge in [0.2, 0.25) is 0 Å². The molecule has 0 rings (SSSR count). The van der Waals surface area contributed by atoms with E-state index in [4.69, 9.17) is 37.0 Å². The Kier molecular flexibility index (Phi) is 63.1. The minimum atomic E-state index is -4.96. The summed E-state index contributed by atoms with van der Waals surface area (Å²) in [7, 11) is -9.91. The van der Waals surface area contributed by atoms with Gasteiger partial charge in [-0.2, -0.15) is 0 Å². The van der Waals surface area contributed by atoms with Crippen molar-refractivity contribution < 1.29 is 80.2 Å². The van der Waals surface area contributed by atoms with Gasteiger partial charge in [-0.15, -0.1) is 0 Å². The first-order chi connectivity index (χ1) is 45.2. The molecule has 0 aliphatic rings. The summed E-state index contributed by atoms with van der Waals surface area (Å²) in [4.78, 5) is 72.8. The van der Waals surface area contributed by atoms with Crippen molar-refractivity contribution in [1.82, 2.24) is 0 Å². The van der Waals surface area contributed by atoms with Crippen molar-refractivity contribution in [3.63, 3.8) is 0 Å². The van der Waals surface area contributed by atoms with E-state index < -0.39 is 97.5 Å². The van der Waals surface area contributed by atoms with Crippen LogP contribution >= 0.6 is 15.6 Å². The Balaban J connectivity index is 5.25. The van der Waals surface area contributed by atoms with E-state index in [0.29, 0.717) is 31.6 Å². The van der Waals surface area contributed by atoms with Crippen LogP contribution in [-0.4, -0.2) is 96.7 Å². The van der Waals surface area contributed by atoms with Crippen LogP contribution in [0.15, 0.2) is 0 Å². The fraction of sp³-hybridized carbons (Fsp3) is 0.947. The second-order valence-electron chi connectivity index (χ2n) is 28.5. The summed E-state index contributed by atoms with van der Waals surface area (Å²) in [5, 5.41) is 10.6. The van der Waals surface area contributed by atoms with Gasteiger partial charge in [0.25, 0.3) is 0 Å². The molecule has 7 atom stereocenters. The van der Waals surface area contributed by atoms with E-state index in [0.717, 1.165) is 114 Å². The molecule has 0 heterocycles. The maximum Gasteiger partial charge on any atom is 0.472 e. The van der Waals surface area contributed by atoms with Crippen molar-refractivity contribution in [1.29, 1.82) is 0 Å². The van der Waals surface area contributed by atoms with Gasteiger partial charge in [-0.05, 0) is 49.4 Å². The molecule has 0 aromatic heterocycles. The van der Waals surface area contributed by atoms with Crippen LogP contribution in [0.2, 0.25) is 0 Å². The van der Waals surface area contributed by atoms with Gasteiger partial charge in [0.15, 0.2) is 12.2 Å². The molecule has 17 nitrogen and oxygen atoms in total. The fourth-order valence-corrected chi connectivity index (χ4v) is 12.9. The minimum absolute atomic E-state index is 0.105. The fourth-order valence-electron chi connectivity index (χ4n) is 11.3. The summed E-state index contributed by atoms with van der Waals surface area (Å²) >= 11 is 0. The van der Waals surface area contributed by atoms with Crippen LogP contribution in [0, 0.1) is 23.7 Å². The first kappa shape index (κ1) is 92.1. The third-order valence-electron chi connectivity index (χ3n) is 18.0. The Labute approximate surface area is 575 Å². The lowest BCUT2D eigenvalue weighted by Gasteiger charge is -2.21. The molecule has 19 heteroatoms. The minimum Gasteiger partial charge on any atom is -0.462 e. The average Bonchev–Trinajstić information content (AvgIpc) is 1.84. The second-order valence-corrected chi connectivity index (χ2v) is 31.4. The van der Waals surface area contributed by atoms with Crippen LogP contribution in [0.4, 0.5) is 0 Å². The van der Waals surface area contributed by atoms with E-state index in [1.54, 1.807) is 0 Å². The van der Waals surface area contributed by atoms with Crippen LogP contribution in [0.3, 0.4) is 0 Å². The third kappa shape index (κ3) is 66.0. The molecule has 0 amide bonds. The number of carbonyl (C=O) groups excluding carboxylic acids is 4. The number of esters is 4. The van der Waals surface area contributed by atoms with Gasteiger partial charge in [-0.3, -0.25) is 37.3 Å². The van der Waals surface area contributed by atoms with E-state index in [-0.39, 0.29) is 25.7 Å². The molecule has 0 aliphatic carbocycles. The Morgan fingerprint density at radius 3 is 0.755 bits per heavy atom. The van der Waals surface area contributed by atoms with Crippen LogP contribution in [-0.2, 0) is 65.4 Å². The first-order valence-electron chi connectivity index (χ1n) is 38.8. The van der Waals surface area contributed by atoms with Crippen molar-refractivity contribution in [3.8, 4) is 0 Å². The molecule has 0 fully saturated rings. The standard InChI is InChI=1S/C75H146O17P2/c1-9-67(7)53-45-37-28-22-17-19-24-30-39-47-55-72(77)85-61-70(91-74(79)57-49-41-31-25-16-14-12-11-13-15-21-27-35-43-51-65(3)4)63-89-93(81,82)87-59-69(76)60-88-94(83,84)90-64-71(62-86-73(78)56-48-40-34-33-36-44-52-66(5)6)92-75(80)58-50-42-32-26-20-18-23-29-38-46-54-68(8)10-2/h65-71,76H,9-64H2,1-8H3,(H,81,82)(H,83,84)/t67?,68?,69-,70-,71-/m1/s1. The van der Waals surface area contributed by atoms with Gasteiger partial charge in [-0.25, -0.2) is 9.13 Å². The van der Waals surface area contributed by atoms with Gasteiger partial charge in [0.05, 0.1) is 26.4 Å². The summed E-state index contributed by atoms with van der Waals surface area (Å²) in [6, 6.07) is 0. The van der Waals surface area contributed by atoms with Crippen molar-refractivity contribution in [2.75, 3.05) is 39.6 Å². The molecule has 0 spiro atoms. The summed E-state index contributed by atoms with van der Waals surface area (Å²) in [5.41, 5.74) is 0. The number of aliphatic hydroxyl groups excluding tert-OH is 1. The lowest BCUT2D eigenvalue weighted by molar-refractivity contribution is -0.161. The predicted octanol–water partition coefficient (Wildman–Crippen LogP) is 21.7. The highest BCUT2D eigenvalue weighted by atomic mass is 31.2. The Bertz CT molecular complexity index is 1850.